The van der Waals surface area contributed by atoms with Crippen LogP contribution in [-0.2, 0) is 6.42 Å². The first-order valence-electron chi connectivity index (χ1n) is 9.99. The normalized spacial score (nSPS) is 14.5. The Kier molecular flexibility index (Phi) is 4.36. The highest BCUT2D eigenvalue weighted by atomic mass is 19.2. The third-order valence-electron chi connectivity index (χ3n) is 5.46. The summed E-state index contributed by atoms with van der Waals surface area (Å²) >= 11 is 0. The maximum atomic E-state index is 14.8. The SMILES string of the molecule is CCc1nnc2nc(Nc3cc(F)cc(C#CC4(C)CC4)c3)c3c(F)c(F)ccc3n12. The molecular formula is C23H18F3N5. The Bertz CT molecular complexity index is 1410. The lowest BCUT2D eigenvalue weighted by Crippen LogP contribution is -2.04. The van der Waals surface area contributed by atoms with Gasteiger partial charge in [0.15, 0.2) is 11.6 Å². The number of fused-ring (bicyclic) bond motifs is 3. The summed E-state index contributed by atoms with van der Waals surface area (Å²) in [5.41, 5.74) is 1.17. The van der Waals surface area contributed by atoms with Gasteiger partial charge in [-0.2, -0.15) is 4.98 Å². The van der Waals surface area contributed by atoms with Gasteiger partial charge in [0, 0.05) is 23.1 Å². The third kappa shape index (κ3) is 3.46. The summed E-state index contributed by atoms with van der Waals surface area (Å²) in [5, 5.41) is 11.0. The quantitative estimate of drug-likeness (QED) is 0.465. The Balaban J connectivity index is 1.66. The zero-order chi connectivity index (χ0) is 21.8. The highest BCUT2D eigenvalue weighted by molar-refractivity contribution is 5.93. The van der Waals surface area contributed by atoms with Gasteiger partial charge in [-0.15, -0.1) is 10.2 Å². The fourth-order valence-electron chi connectivity index (χ4n) is 3.46. The van der Waals surface area contributed by atoms with E-state index in [1.807, 2.05) is 6.92 Å². The van der Waals surface area contributed by atoms with Crippen LogP contribution in [0.1, 0.15) is 38.1 Å². The minimum Gasteiger partial charge on any atom is -0.339 e. The van der Waals surface area contributed by atoms with E-state index in [1.54, 1.807) is 10.5 Å². The molecule has 1 saturated carbocycles. The molecule has 0 amide bonds. The second kappa shape index (κ2) is 6.98. The largest absolute Gasteiger partial charge is 0.339 e. The van der Waals surface area contributed by atoms with Crippen molar-refractivity contribution in [3.8, 4) is 11.8 Å². The first-order chi connectivity index (χ1) is 14.9. The van der Waals surface area contributed by atoms with Crippen molar-refractivity contribution in [1.29, 1.82) is 0 Å². The van der Waals surface area contributed by atoms with Crippen LogP contribution >= 0.6 is 0 Å². The number of anilines is 2. The van der Waals surface area contributed by atoms with Gasteiger partial charge >= 0.3 is 0 Å². The van der Waals surface area contributed by atoms with Crippen molar-refractivity contribution in [2.75, 3.05) is 5.32 Å². The van der Waals surface area contributed by atoms with E-state index in [-0.39, 0.29) is 22.4 Å². The number of nitrogens with one attached hydrogen (secondary N) is 1. The lowest BCUT2D eigenvalue weighted by atomic mass is 10.1. The molecule has 5 rings (SSSR count). The zero-order valence-electron chi connectivity index (χ0n) is 16.9. The number of rotatable bonds is 3. The molecule has 1 N–H and O–H groups in total. The predicted octanol–water partition coefficient (Wildman–Crippen LogP) is 5.15. The second-order valence-electron chi connectivity index (χ2n) is 7.99. The molecule has 0 atom stereocenters. The van der Waals surface area contributed by atoms with Gasteiger partial charge in [0.1, 0.15) is 17.5 Å². The van der Waals surface area contributed by atoms with Crippen LogP contribution < -0.4 is 5.32 Å². The predicted molar refractivity (Wildman–Crippen MR) is 111 cm³/mol. The van der Waals surface area contributed by atoms with Crippen LogP contribution in [0.4, 0.5) is 24.7 Å². The van der Waals surface area contributed by atoms with E-state index in [1.165, 1.54) is 18.2 Å². The van der Waals surface area contributed by atoms with E-state index >= 15 is 0 Å². The summed E-state index contributed by atoms with van der Waals surface area (Å²) in [4.78, 5) is 4.34. The summed E-state index contributed by atoms with van der Waals surface area (Å²) in [6.45, 7) is 3.94. The molecule has 2 aromatic carbocycles. The van der Waals surface area contributed by atoms with Crippen molar-refractivity contribution in [3.63, 3.8) is 0 Å². The molecule has 0 saturated heterocycles. The molecule has 31 heavy (non-hydrogen) atoms. The Morgan fingerprint density at radius 2 is 1.94 bits per heavy atom. The molecule has 1 fully saturated rings. The van der Waals surface area contributed by atoms with Crippen molar-refractivity contribution in [2.24, 2.45) is 5.41 Å². The standard InChI is InChI=1S/C23H18F3N5/c1-3-18-29-30-22-28-21(19-17(31(18)22)5-4-16(25)20(19)26)27-15-11-13(10-14(24)12-15)6-7-23(2)8-9-23/h4-5,10-12H,3,8-9H2,1-2H3,(H,27,28,30). The molecule has 0 unspecified atom stereocenters. The van der Waals surface area contributed by atoms with Crippen LogP contribution in [0.3, 0.4) is 0 Å². The van der Waals surface area contributed by atoms with E-state index < -0.39 is 17.5 Å². The Morgan fingerprint density at radius 1 is 1.13 bits per heavy atom. The Labute approximate surface area is 176 Å². The number of hydrogen-bond acceptors (Lipinski definition) is 4. The average Bonchev–Trinajstić information content (AvgIpc) is 3.33. The number of aryl methyl sites for hydroxylation is 1. The molecular weight excluding hydrogens is 403 g/mol. The summed E-state index contributed by atoms with van der Waals surface area (Å²) in [6, 6.07) is 6.74. The first kappa shape index (κ1) is 19.4. The van der Waals surface area contributed by atoms with Crippen LogP contribution in [-0.4, -0.2) is 19.6 Å². The van der Waals surface area contributed by atoms with Crippen LogP contribution in [0, 0.1) is 34.7 Å². The summed E-state index contributed by atoms with van der Waals surface area (Å²) in [6.07, 6.45) is 2.59. The molecule has 156 valence electrons. The van der Waals surface area contributed by atoms with E-state index in [9.17, 15) is 13.2 Å². The van der Waals surface area contributed by atoms with Crippen molar-refractivity contribution >= 4 is 28.2 Å². The molecule has 0 aliphatic heterocycles. The van der Waals surface area contributed by atoms with Gasteiger partial charge in [-0.05, 0) is 50.1 Å². The van der Waals surface area contributed by atoms with Gasteiger partial charge in [0.05, 0.1) is 10.9 Å². The number of benzene rings is 2. The number of hydrogen-bond donors (Lipinski definition) is 1. The summed E-state index contributed by atoms with van der Waals surface area (Å²) in [7, 11) is 0. The van der Waals surface area contributed by atoms with Crippen LogP contribution in [0.15, 0.2) is 30.3 Å². The van der Waals surface area contributed by atoms with E-state index in [2.05, 4.69) is 39.3 Å². The van der Waals surface area contributed by atoms with Gasteiger partial charge in [-0.1, -0.05) is 18.8 Å². The van der Waals surface area contributed by atoms with Gasteiger partial charge in [-0.25, -0.2) is 13.2 Å². The number of nitrogens with zero attached hydrogens (tertiary/aromatic N) is 4. The highest BCUT2D eigenvalue weighted by Gasteiger charge is 2.35. The molecule has 4 aromatic rings. The monoisotopic (exact) mass is 421 g/mol. The van der Waals surface area contributed by atoms with Crippen molar-refractivity contribution < 1.29 is 13.2 Å². The number of halogens is 3. The van der Waals surface area contributed by atoms with Crippen LogP contribution in [0.25, 0.3) is 16.7 Å². The van der Waals surface area contributed by atoms with E-state index in [4.69, 9.17) is 0 Å². The molecule has 2 aromatic heterocycles. The van der Waals surface area contributed by atoms with E-state index in [0.717, 1.165) is 18.9 Å². The van der Waals surface area contributed by atoms with Gasteiger partial charge < -0.3 is 5.32 Å². The first-order valence-corrected chi connectivity index (χ1v) is 9.99. The van der Waals surface area contributed by atoms with Crippen LogP contribution in [0.2, 0.25) is 0 Å². The molecule has 0 spiro atoms. The average molecular weight is 421 g/mol. The fraction of sp³-hybridized carbons (Fsp3) is 0.261. The summed E-state index contributed by atoms with van der Waals surface area (Å²) in [5.74, 6) is 4.42. The van der Waals surface area contributed by atoms with Crippen molar-refractivity contribution in [2.45, 2.75) is 33.1 Å². The second-order valence-corrected chi connectivity index (χ2v) is 7.99. The lowest BCUT2D eigenvalue weighted by molar-refractivity contribution is 0.516. The Hall–Kier alpha value is -3.60. The Morgan fingerprint density at radius 3 is 2.68 bits per heavy atom. The minimum atomic E-state index is -1.05. The molecule has 5 nitrogen and oxygen atoms in total. The molecule has 2 heterocycles. The van der Waals surface area contributed by atoms with Gasteiger partial charge in [0.25, 0.3) is 5.78 Å². The van der Waals surface area contributed by atoms with Crippen LogP contribution in [0.5, 0.6) is 0 Å². The molecule has 8 heteroatoms. The minimum absolute atomic E-state index is 0.00593. The third-order valence-corrected chi connectivity index (χ3v) is 5.46. The smallest absolute Gasteiger partial charge is 0.257 e. The highest BCUT2D eigenvalue weighted by Crippen LogP contribution is 2.44. The lowest BCUT2D eigenvalue weighted by Gasteiger charge is -2.12. The van der Waals surface area contributed by atoms with Crippen molar-refractivity contribution in [1.82, 2.24) is 19.6 Å². The van der Waals surface area contributed by atoms with Gasteiger partial charge in [-0.3, -0.25) is 4.40 Å². The summed E-state index contributed by atoms with van der Waals surface area (Å²) < 4.78 is 44.7. The maximum absolute atomic E-state index is 14.8. The van der Waals surface area contributed by atoms with Gasteiger partial charge in [0.2, 0.25) is 0 Å². The van der Waals surface area contributed by atoms with Crippen molar-refractivity contribution in [3.05, 3.63) is 59.2 Å². The molecule has 0 bridgehead atoms. The topological polar surface area (TPSA) is 55.1 Å². The molecule has 0 radical (unpaired) electrons. The number of aromatic nitrogens is 4. The maximum Gasteiger partial charge on any atom is 0.257 e. The van der Waals surface area contributed by atoms with E-state index in [0.29, 0.717) is 29.0 Å². The molecule has 1 aliphatic rings. The fourth-order valence-corrected chi connectivity index (χ4v) is 3.46. The molecule has 1 aliphatic carbocycles. The zero-order valence-corrected chi connectivity index (χ0v) is 16.9.